The average Bonchev–Trinajstić information content (AvgIpc) is 2.77. The van der Waals surface area contributed by atoms with Crippen molar-refractivity contribution in [1.82, 2.24) is 5.32 Å². The molecule has 1 saturated heterocycles. The van der Waals surface area contributed by atoms with Crippen LogP contribution in [0, 0.1) is 5.92 Å². The van der Waals surface area contributed by atoms with Crippen molar-refractivity contribution in [3.8, 4) is 0 Å². The van der Waals surface area contributed by atoms with Crippen molar-refractivity contribution in [3.05, 3.63) is 0 Å². The van der Waals surface area contributed by atoms with Crippen molar-refractivity contribution >= 4 is 5.78 Å². The minimum atomic E-state index is 0.216. The van der Waals surface area contributed by atoms with Gasteiger partial charge in [-0.15, -0.1) is 0 Å². The van der Waals surface area contributed by atoms with Crippen LogP contribution >= 0.6 is 0 Å². The van der Waals surface area contributed by atoms with Gasteiger partial charge in [0.2, 0.25) is 0 Å². The number of carbonyl (C=O) groups excluding carboxylic acids is 1. The Morgan fingerprint density at radius 2 is 1.83 bits per heavy atom. The maximum absolute atomic E-state index is 11.8. The molecule has 0 bridgehead atoms. The van der Waals surface area contributed by atoms with Gasteiger partial charge in [0.25, 0.3) is 0 Å². The Hall–Kier alpha value is -0.370. The average molecular weight is 167 g/mol. The first-order valence-electron chi connectivity index (χ1n) is 5.15. The molecule has 1 aliphatic carbocycles. The molecular weight excluding hydrogens is 150 g/mol. The highest BCUT2D eigenvalue weighted by atomic mass is 16.1. The Bertz CT molecular complexity index is 149. The minimum Gasteiger partial charge on any atom is -0.307 e. The Labute approximate surface area is 73.7 Å². The third-order valence-corrected chi connectivity index (χ3v) is 3.16. The predicted octanol–water partition coefficient (Wildman–Crippen LogP) is 1.50. The van der Waals surface area contributed by atoms with Crippen LogP contribution < -0.4 is 5.32 Å². The zero-order valence-corrected chi connectivity index (χ0v) is 7.51. The molecule has 2 aliphatic rings. The lowest BCUT2D eigenvalue weighted by molar-refractivity contribution is -0.124. The van der Waals surface area contributed by atoms with Crippen molar-refractivity contribution in [3.63, 3.8) is 0 Å². The first-order valence-corrected chi connectivity index (χ1v) is 5.15. The number of hydrogen-bond acceptors (Lipinski definition) is 2. The standard InChI is InChI=1S/C10H17NO/c12-10(8-4-1-2-5-8)9-6-3-7-11-9/h8-9,11H,1-7H2/t9-/m0/s1. The number of hydrogen-bond donors (Lipinski definition) is 1. The van der Waals surface area contributed by atoms with Crippen molar-refractivity contribution in [1.29, 1.82) is 0 Å². The molecule has 0 aromatic rings. The van der Waals surface area contributed by atoms with Crippen LogP contribution in [0.1, 0.15) is 38.5 Å². The molecule has 12 heavy (non-hydrogen) atoms. The summed E-state index contributed by atoms with van der Waals surface area (Å²) < 4.78 is 0. The van der Waals surface area contributed by atoms with E-state index in [-0.39, 0.29) is 6.04 Å². The summed E-state index contributed by atoms with van der Waals surface area (Å²) in [5, 5.41) is 3.28. The summed E-state index contributed by atoms with van der Waals surface area (Å²) >= 11 is 0. The lowest BCUT2D eigenvalue weighted by Crippen LogP contribution is -2.34. The molecule has 0 amide bonds. The summed E-state index contributed by atoms with van der Waals surface area (Å²) in [6, 6.07) is 0.216. The Morgan fingerprint density at radius 3 is 2.42 bits per heavy atom. The van der Waals surface area contributed by atoms with E-state index in [1.165, 1.54) is 19.3 Å². The van der Waals surface area contributed by atoms with Crippen LogP contribution in [0.5, 0.6) is 0 Å². The van der Waals surface area contributed by atoms with Gasteiger partial charge in [-0.05, 0) is 32.2 Å². The fourth-order valence-corrected chi connectivity index (χ4v) is 2.42. The minimum absolute atomic E-state index is 0.216. The molecule has 0 radical (unpaired) electrons. The normalized spacial score (nSPS) is 31.2. The molecule has 2 nitrogen and oxygen atoms in total. The fourth-order valence-electron chi connectivity index (χ4n) is 2.42. The second-order valence-electron chi connectivity index (χ2n) is 4.03. The first kappa shape index (κ1) is 8.24. The molecule has 0 aromatic heterocycles. The third kappa shape index (κ3) is 1.53. The molecule has 1 N–H and O–H groups in total. The summed E-state index contributed by atoms with van der Waals surface area (Å²) in [4.78, 5) is 11.8. The van der Waals surface area contributed by atoms with E-state index in [9.17, 15) is 4.79 Å². The number of Topliss-reactive ketones (excluding diaryl/α,β-unsaturated/α-hetero) is 1. The van der Waals surface area contributed by atoms with E-state index in [1.54, 1.807) is 0 Å². The van der Waals surface area contributed by atoms with E-state index in [0.717, 1.165) is 25.8 Å². The van der Waals surface area contributed by atoms with Crippen molar-refractivity contribution in [2.75, 3.05) is 6.54 Å². The molecule has 1 aliphatic heterocycles. The number of carbonyl (C=O) groups is 1. The van der Waals surface area contributed by atoms with Gasteiger partial charge in [-0.3, -0.25) is 4.79 Å². The topological polar surface area (TPSA) is 29.1 Å². The highest BCUT2D eigenvalue weighted by Gasteiger charge is 2.30. The quantitative estimate of drug-likeness (QED) is 0.675. The van der Waals surface area contributed by atoms with Gasteiger partial charge < -0.3 is 5.32 Å². The second-order valence-corrected chi connectivity index (χ2v) is 4.03. The van der Waals surface area contributed by atoms with Gasteiger partial charge in [0.05, 0.1) is 6.04 Å². The smallest absolute Gasteiger partial charge is 0.152 e. The molecule has 1 saturated carbocycles. The highest BCUT2D eigenvalue weighted by Crippen LogP contribution is 2.27. The van der Waals surface area contributed by atoms with Crippen molar-refractivity contribution < 1.29 is 4.79 Å². The first-order chi connectivity index (χ1) is 5.88. The van der Waals surface area contributed by atoms with E-state index in [0.29, 0.717) is 11.7 Å². The molecule has 0 unspecified atom stereocenters. The third-order valence-electron chi connectivity index (χ3n) is 3.16. The Kier molecular flexibility index (Phi) is 2.45. The summed E-state index contributed by atoms with van der Waals surface area (Å²) in [6.45, 7) is 1.04. The zero-order chi connectivity index (χ0) is 8.39. The Morgan fingerprint density at radius 1 is 1.08 bits per heavy atom. The molecule has 2 heteroatoms. The van der Waals surface area contributed by atoms with E-state index in [2.05, 4.69) is 5.32 Å². The Balaban J connectivity index is 1.89. The van der Waals surface area contributed by atoms with E-state index < -0.39 is 0 Å². The van der Waals surface area contributed by atoms with Gasteiger partial charge in [0.1, 0.15) is 0 Å². The van der Waals surface area contributed by atoms with Crippen LogP contribution in [-0.2, 0) is 4.79 Å². The highest BCUT2D eigenvalue weighted by molar-refractivity contribution is 5.86. The summed E-state index contributed by atoms with van der Waals surface area (Å²) in [5.41, 5.74) is 0. The van der Waals surface area contributed by atoms with Gasteiger partial charge in [-0.25, -0.2) is 0 Å². The number of nitrogens with one attached hydrogen (secondary N) is 1. The molecule has 68 valence electrons. The molecular formula is C10H17NO. The van der Waals surface area contributed by atoms with Crippen LogP contribution in [0.4, 0.5) is 0 Å². The SMILES string of the molecule is O=C(C1CCCC1)[C@@H]1CCCN1. The van der Waals surface area contributed by atoms with Crippen LogP contribution in [0.25, 0.3) is 0 Å². The number of rotatable bonds is 2. The molecule has 0 aromatic carbocycles. The second kappa shape index (κ2) is 3.56. The molecule has 1 atom stereocenters. The van der Waals surface area contributed by atoms with Crippen LogP contribution in [0.15, 0.2) is 0 Å². The summed E-state index contributed by atoms with van der Waals surface area (Å²) in [6.07, 6.45) is 7.10. The van der Waals surface area contributed by atoms with Crippen LogP contribution in [0.2, 0.25) is 0 Å². The molecule has 2 fully saturated rings. The lowest BCUT2D eigenvalue weighted by atomic mass is 9.96. The van der Waals surface area contributed by atoms with E-state index >= 15 is 0 Å². The van der Waals surface area contributed by atoms with Gasteiger partial charge in [-0.1, -0.05) is 12.8 Å². The van der Waals surface area contributed by atoms with Crippen molar-refractivity contribution in [2.24, 2.45) is 5.92 Å². The van der Waals surface area contributed by atoms with E-state index in [1.807, 2.05) is 0 Å². The lowest BCUT2D eigenvalue weighted by Gasteiger charge is -2.13. The fraction of sp³-hybridized carbons (Fsp3) is 0.900. The van der Waals surface area contributed by atoms with Gasteiger partial charge in [0.15, 0.2) is 5.78 Å². The summed E-state index contributed by atoms with van der Waals surface area (Å²) in [7, 11) is 0. The zero-order valence-electron chi connectivity index (χ0n) is 7.51. The summed E-state index contributed by atoms with van der Waals surface area (Å²) in [5.74, 6) is 0.908. The molecule has 1 heterocycles. The monoisotopic (exact) mass is 167 g/mol. The van der Waals surface area contributed by atoms with Gasteiger partial charge in [0, 0.05) is 5.92 Å². The maximum atomic E-state index is 11.8. The van der Waals surface area contributed by atoms with E-state index in [4.69, 9.17) is 0 Å². The largest absolute Gasteiger partial charge is 0.307 e. The molecule has 0 spiro atoms. The van der Waals surface area contributed by atoms with Crippen LogP contribution in [-0.4, -0.2) is 18.4 Å². The number of ketones is 1. The predicted molar refractivity (Wildman–Crippen MR) is 48.0 cm³/mol. The van der Waals surface area contributed by atoms with Gasteiger partial charge in [-0.2, -0.15) is 0 Å². The van der Waals surface area contributed by atoms with Crippen LogP contribution in [0.3, 0.4) is 0 Å². The molecule has 2 rings (SSSR count). The van der Waals surface area contributed by atoms with Gasteiger partial charge >= 0.3 is 0 Å². The maximum Gasteiger partial charge on any atom is 0.152 e. The van der Waals surface area contributed by atoms with Crippen molar-refractivity contribution in [2.45, 2.75) is 44.6 Å².